The first-order valence-electron chi connectivity index (χ1n) is 7.86. The van der Waals surface area contributed by atoms with Crippen molar-refractivity contribution < 1.29 is 17.9 Å². The molecule has 24 heavy (non-hydrogen) atoms. The van der Waals surface area contributed by atoms with Gasteiger partial charge in [-0.2, -0.15) is 0 Å². The number of benzene rings is 1. The van der Waals surface area contributed by atoms with E-state index in [2.05, 4.69) is 5.32 Å². The van der Waals surface area contributed by atoms with Gasteiger partial charge in [0.05, 0.1) is 18.6 Å². The van der Waals surface area contributed by atoms with Crippen molar-refractivity contribution in [2.75, 3.05) is 44.2 Å². The summed E-state index contributed by atoms with van der Waals surface area (Å²) in [5.74, 6) is 1.15. The van der Waals surface area contributed by atoms with E-state index in [1.165, 1.54) is 0 Å². The fraction of sp³-hybridized carbons (Fsp3) is 0.562. The zero-order valence-electron chi connectivity index (χ0n) is 14.0. The van der Waals surface area contributed by atoms with Gasteiger partial charge in [0.1, 0.15) is 5.75 Å². The summed E-state index contributed by atoms with van der Waals surface area (Å²) in [6.07, 6.45) is 1.40. The Balaban J connectivity index is 2.05. The number of anilines is 1. The van der Waals surface area contributed by atoms with E-state index in [9.17, 15) is 8.42 Å². The van der Waals surface area contributed by atoms with Crippen LogP contribution in [-0.2, 0) is 14.6 Å². The van der Waals surface area contributed by atoms with Crippen molar-refractivity contribution in [3.05, 3.63) is 24.3 Å². The van der Waals surface area contributed by atoms with E-state index in [-0.39, 0.29) is 17.5 Å². The van der Waals surface area contributed by atoms with Crippen LogP contribution in [0, 0.1) is 0 Å². The number of nitrogens with zero attached hydrogens (tertiary/aromatic N) is 1. The lowest BCUT2D eigenvalue weighted by molar-refractivity contribution is 0.181. The maximum atomic E-state index is 11.8. The highest BCUT2D eigenvalue weighted by atomic mass is 32.2. The number of hydrogen-bond acceptors (Lipinski definition) is 5. The quantitative estimate of drug-likeness (QED) is 0.579. The number of sulfone groups is 1. The zero-order valence-corrected chi connectivity index (χ0v) is 15.7. The Morgan fingerprint density at radius 2 is 2.04 bits per heavy atom. The van der Waals surface area contributed by atoms with Gasteiger partial charge in [-0.15, -0.1) is 0 Å². The molecule has 2 rings (SSSR count). The van der Waals surface area contributed by atoms with Crippen LogP contribution in [0.4, 0.5) is 5.69 Å². The van der Waals surface area contributed by atoms with E-state index >= 15 is 0 Å². The van der Waals surface area contributed by atoms with Gasteiger partial charge >= 0.3 is 0 Å². The largest absolute Gasteiger partial charge is 0.497 e. The fourth-order valence-electron chi connectivity index (χ4n) is 2.72. The highest BCUT2D eigenvalue weighted by Gasteiger charge is 2.33. The van der Waals surface area contributed by atoms with E-state index in [0.29, 0.717) is 24.7 Å². The van der Waals surface area contributed by atoms with Gasteiger partial charge in [-0.3, -0.25) is 0 Å². The third-order valence-corrected chi connectivity index (χ3v) is 6.09. The fourth-order valence-corrected chi connectivity index (χ4v) is 4.81. The average molecular weight is 373 g/mol. The van der Waals surface area contributed by atoms with Crippen molar-refractivity contribution in [3.8, 4) is 5.75 Å². The highest BCUT2D eigenvalue weighted by Crippen LogP contribution is 2.21. The smallest absolute Gasteiger partial charge is 0.173 e. The van der Waals surface area contributed by atoms with E-state index in [1.54, 1.807) is 14.2 Å². The van der Waals surface area contributed by atoms with E-state index in [0.717, 1.165) is 17.9 Å². The first kappa shape index (κ1) is 19.0. The number of hydrogen-bond donors (Lipinski definition) is 1. The zero-order chi connectivity index (χ0) is 17.6. The Kier molecular flexibility index (Phi) is 6.82. The molecule has 1 heterocycles. The lowest BCUT2D eigenvalue weighted by atomic mass is 10.2. The number of methoxy groups -OCH3 is 2. The predicted octanol–water partition coefficient (Wildman–Crippen LogP) is 1.92. The number of ether oxygens (including phenoxy) is 2. The summed E-state index contributed by atoms with van der Waals surface area (Å²) in [6, 6.07) is 7.37. The Morgan fingerprint density at radius 1 is 1.33 bits per heavy atom. The maximum absolute atomic E-state index is 11.8. The predicted molar refractivity (Wildman–Crippen MR) is 99.5 cm³/mol. The Labute approximate surface area is 149 Å². The molecule has 1 aromatic carbocycles. The minimum atomic E-state index is -2.96. The Morgan fingerprint density at radius 3 is 2.58 bits per heavy atom. The summed E-state index contributed by atoms with van der Waals surface area (Å²) >= 11 is 5.53. The highest BCUT2D eigenvalue weighted by molar-refractivity contribution is 7.91. The Bertz CT molecular complexity index is 647. The standard InChI is InChI=1S/C16H24N2O4S2/c1-21-10-3-9-18(14-8-11-24(19,20)12-14)16(23)17-13-4-6-15(22-2)7-5-13/h4-7,14H,3,8-12H2,1-2H3,(H,17,23)/t14-/m0/s1. The van der Waals surface area contributed by atoms with Crippen LogP contribution in [0.25, 0.3) is 0 Å². The molecular weight excluding hydrogens is 348 g/mol. The van der Waals surface area contributed by atoms with Gasteiger partial charge in [-0.1, -0.05) is 0 Å². The summed E-state index contributed by atoms with van der Waals surface area (Å²) in [5.41, 5.74) is 0.846. The van der Waals surface area contributed by atoms with Crippen molar-refractivity contribution in [1.82, 2.24) is 4.90 Å². The summed E-state index contributed by atoms with van der Waals surface area (Å²) < 4.78 is 33.8. The molecule has 1 N–H and O–H groups in total. The van der Waals surface area contributed by atoms with E-state index < -0.39 is 9.84 Å². The molecule has 0 aliphatic carbocycles. The van der Waals surface area contributed by atoms with Crippen molar-refractivity contribution in [3.63, 3.8) is 0 Å². The van der Waals surface area contributed by atoms with Crippen LogP contribution in [0.2, 0.25) is 0 Å². The second-order valence-electron chi connectivity index (χ2n) is 5.76. The Hall–Kier alpha value is -1.38. The summed E-state index contributed by atoms with van der Waals surface area (Å²) in [4.78, 5) is 1.98. The molecule has 1 fully saturated rings. The molecule has 0 amide bonds. The van der Waals surface area contributed by atoms with Gasteiger partial charge in [0, 0.05) is 32.0 Å². The summed E-state index contributed by atoms with van der Waals surface area (Å²) in [6.45, 7) is 1.27. The van der Waals surface area contributed by atoms with Gasteiger partial charge in [0.15, 0.2) is 14.9 Å². The van der Waals surface area contributed by atoms with Gasteiger partial charge in [-0.05, 0) is 49.3 Å². The van der Waals surface area contributed by atoms with E-state index in [4.69, 9.17) is 21.7 Å². The number of thiocarbonyl (C=S) groups is 1. The topological polar surface area (TPSA) is 67.9 Å². The third-order valence-electron chi connectivity index (χ3n) is 4.00. The molecule has 0 bridgehead atoms. The second-order valence-corrected chi connectivity index (χ2v) is 8.37. The molecular formula is C16H24N2O4S2. The van der Waals surface area contributed by atoms with E-state index in [1.807, 2.05) is 29.2 Å². The molecule has 134 valence electrons. The van der Waals surface area contributed by atoms with Crippen LogP contribution in [0.5, 0.6) is 5.75 Å². The molecule has 0 aromatic heterocycles. The van der Waals surface area contributed by atoms with Crippen LogP contribution in [0.1, 0.15) is 12.8 Å². The number of nitrogens with one attached hydrogen (secondary N) is 1. The second kappa shape index (κ2) is 8.64. The first-order chi connectivity index (χ1) is 11.4. The maximum Gasteiger partial charge on any atom is 0.173 e. The normalized spacial score (nSPS) is 19.0. The summed E-state index contributed by atoms with van der Waals surface area (Å²) in [7, 11) is 0.304. The van der Waals surface area contributed by atoms with Crippen molar-refractivity contribution >= 4 is 32.9 Å². The molecule has 1 aliphatic rings. The molecule has 1 atom stereocenters. The first-order valence-corrected chi connectivity index (χ1v) is 10.1. The van der Waals surface area contributed by atoms with Crippen LogP contribution in [-0.4, -0.2) is 63.3 Å². The van der Waals surface area contributed by atoms with Gasteiger partial charge < -0.3 is 19.7 Å². The molecule has 0 radical (unpaired) electrons. The molecule has 1 aliphatic heterocycles. The van der Waals surface area contributed by atoms with Crippen LogP contribution in [0.3, 0.4) is 0 Å². The monoisotopic (exact) mass is 372 g/mol. The minimum absolute atomic E-state index is 0.0786. The number of rotatable bonds is 7. The molecule has 0 unspecified atom stereocenters. The molecule has 6 nitrogen and oxygen atoms in total. The van der Waals surface area contributed by atoms with Gasteiger partial charge in [0.25, 0.3) is 0 Å². The summed E-state index contributed by atoms with van der Waals surface area (Å²) in [5, 5.41) is 3.73. The molecule has 0 spiro atoms. The van der Waals surface area contributed by atoms with Crippen molar-refractivity contribution in [2.24, 2.45) is 0 Å². The van der Waals surface area contributed by atoms with Gasteiger partial charge in [0.2, 0.25) is 0 Å². The molecule has 0 saturated carbocycles. The SMILES string of the molecule is COCCCN(C(=S)Nc1ccc(OC)cc1)[C@H]1CCS(=O)(=O)C1. The van der Waals surface area contributed by atoms with Gasteiger partial charge in [-0.25, -0.2) is 8.42 Å². The molecule has 8 heteroatoms. The lowest BCUT2D eigenvalue weighted by Gasteiger charge is -2.31. The molecule has 1 saturated heterocycles. The molecule has 1 aromatic rings. The average Bonchev–Trinajstić information content (AvgIpc) is 2.92. The minimum Gasteiger partial charge on any atom is -0.497 e. The van der Waals surface area contributed by atoms with Crippen LogP contribution in [0.15, 0.2) is 24.3 Å². The van der Waals surface area contributed by atoms with Crippen molar-refractivity contribution in [1.29, 1.82) is 0 Å². The van der Waals surface area contributed by atoms with Crippen LogP contribution < -0.4 is 10.1 Å². The van der Waals surface area contributed by atoms with Crippen molar-refractivity contribution in [2.45, 2.75) is 18.9 Å². The third kappa shape index (κ3) is 5.32. The van der Waals surface area contributed by atoms with Crippen LogP contribution >= 0.6 is 12.2 Å². The lowest BCUT2D eigenvalue weighted by Crippen LogP contribution is -2.44.